The van der Waals surface area contributed by atoms with E-state index in [1.165, 1.54) is 25.3 Å². The van der Waals surface area contributed by atoms with E-state index in [1.54, 1.807) is 0 Å². The summed E-state index contributed by atoms with van der Waals surface area (Å²) in [5.41, 5.74) is -1.48. The molecule has 0 spiro atoms. The topological polar surface area (TPSA) is 288 Å². The number of fused-ring (bicyclic) bond motifs is 1. The molecule has 0 bridgehead atoms. The molecule has 3 heterocycles. The van der Waals surface area contributed by atoms with Crippen LogP contribution < -0.4 is 19.6 Å². The Morgan fingerprint density at radius 1 is 0.723 bits per heavy atom. The SMILES string of the molecule is COc1cc(-c2oc3c(OC)c(O)cc(O)c3c(=O)c2OC2OC(CO)C(O)C(O)C2OC2OC(CO)C(O)C(O)C2O)ccc1O. The highest BCUT2D eigenvalue weighted by molar-refractivity contribution is 5.93. The second-order valence-corrected chi connectivity index (χ2v) is 10.8. The Labute approximate surface area is 264 Å². The fourth-order valence-electron chi connectivity index (χ4n) is 5.36. The molecule has 5 rings (SSSR count). The number of aliphatic hydroxyl groups excluding tert-OH is 7. The second kappa shape index (κ2) is 13.6. The highest BCUT2D eigenvalue weighted by Gasteiger charge is 2.51. The Balaban J connectivity index is 1.66. The number of rotatable bonds is 9. The summed E-state index contributed by atoms with van der Waals surface area (Å²) in [6.45, 7) is -1.68. The van der Waals surface area contributed by atoms with E-state index in [9.17, 15) is 55.9 Å². The van der Waals surface area contributed by atoms with Crippen molar-refractivity contribution in [3.05, 3.63) is 34.5 Å². The lowest BCUT2D eigenvalue weighted by Gasteiger charge is -2.45. The van der Waals surface area contributed by atoms with Gasteiger partial charge in [0.05, 0.1) is 27.4 Å². The first-order valence-electron chi connectivity index (χ1n) is 14.1. The Kier molecular flexibility index (Phi) is 9.99. The summed E-state index contributed by atoms with van der Waals surface area (Å²) in [4.78, 5) is 14.1. The smallest absolute Gasteiger partial charge is 0.239 e. The fourth-order valence-corrected chi connectivity index (χ4v) is 5.36. The van der Waals surface area contributed by atoms with Gasteiger partial charge >= 0.3 is 0 Å². The quantitative estimate of drug-likeness (QED) is 0.113. The number of ether oxygens (including phenoxy) is 6. The third kappa shape index (κ3) is 6.11. The molecule has 2 aliphatic heterocycles. The Morgan fingerprint density at radius 2 is 1.36 bits per heavy atom. The van der Waals surface area contributed by atoms with E-state index in [1.807, 2.05) is 0 Å². The predicted octanol–water partition coefficient (Wildman–Crippen LogP) is -2.40. The van der Waals surface area contributed by atoms with E-state index in [4.69, 9.17) is 32.8 Å². The van der Waals surface area contributed by atoms with Crippen molar-refractivity contribution in [2.75, 3.05) is 27.4 Å². The third-order valence-corrected chi connectivity index (χ3v) is 7.88. The molecular weight excluding hydrogens is 636 g/mol. The lowest BCUT2D eigenvalue weighted by atomic mass is 9.97. The van der Waals surface area contributed by atoms with Crippen molar-refractivity contribution < 1.29 is 83.9 Å². The minimum Gasteiger partial charge on any atom is -0.507 e. The monoisotopic (exact) mass is 670 g/mol. The van der Waals surface area contributed by atoms with Gasteiger partial charge in [-0.15, -0.1) is 0 Å². The van der Waals surface area contributed by atoms with E-state index in [2.05, 4.69) is 0 Å². The van der Waals surface area contributed by atoms with Crippen molar-refractivity contribution in [1.29, 1.82) is 0 Å². The van der Waals surface area contributed by atoms with Gasteiger partial charge in [0.25, 0.3) is 0 Å². The zero-order valence-electron chi connectivity index (χ0n) is 24.7. The van der Waals surface area contributed by atoms with Crippen molar-refractivity contribution in [3.63, 3.8) is 0 Å². The summed E-state index contributed by atoms with van der Waals surface area (Å²) in [5.74, 6) is -3.18. The first-order valence-corrected chi connectivity index (χ1v) is 14.1. The third-order valence-electron chi connectivity index (χ3n) is 7.88. The van der Waals surface area contributed by atoms with E-state index >= 15 is 0 Å². The molecule has 0 saturated carbocycles. The van der Waals surface area contributed by atoms with Crippen LogP contribution in [0.5, 0.6) is 34.5 Å². The summed E-state index contributed by atoms with van der Waals surface area (Å²) in [5, 5.41) is 103. The van der Waals surface area contributed by atoms with Crippen LogP contribution >= 0.6 is 0 Å². The number of aliphatic hydroxyl groups is 7. The number of hydrogen-bond acceptors (Lipinski definition) is 18. The maximum absolute atomic E-state index is 14.1. The zero-order chi connectivity index (χ0) is 34.3. The maximum atomic E-state index is 14.1. The number of phenols is 3. The van der Waals surface area contributed by atoms with Crippen LogP contribution in [-0.2, 0) is 14.2 Å². The first-order chi connectivity index (χ1) is 22.4. The van der Waals surface area contributed by atoms with Gasteiger partial charge in [0.15, 0.2) is 41.0 Å². The van der Waals surface area contributed by atoms with Crippen LogP contribution in [0.2, 0.25) is 0 Å². The molecule has 0 radical (unpaired) electrons. The lowest BCUT2D eigenvalue weighted by Crippen LogP contribution is -2.65. The van der Waals surface area contributed by atoms with Crippen LogP contribution in [0.25, 0.3) is 22.3 Å². The molecule has 2 aliphatic rings. The normalized spacial score (nSPS) is 31.1. The predicted molar refractivity (Wildman–Crippen MR) is 153 cm³/mol. The van der Waals surface area contributed by atoms with Gasteiger partial charge in [0, 0.05) is 11.6 Å². The summed E-state index contributed by atoms with van der Waals surface area (Å²) in [6, 6.07) is 4.56. The number of hydrogen-bond donors (Lipinski definition) is 10. The van der Waals surface area contributed by atoms with Gasteiger partial charge in [-0.1, -0.05) is 0 Å². The lowest BCUT2D eigenvalue weighted by molar-refractivity contribution is -0.358. The number of phenolic OH excluding ortho intramolecular Hbond substituents is 3. The van der Waals surface area contributed by atoms with Crippen LogP contribution in [0, 0.1) is 0 Å². The standard InChI is InChI=1S/C29H34O18/c1-41-13-5-9(3-4-10(13)32)23-26(19(37)16-11(33)6-12(34)24(42-2)25(16)45-23)46-29-27(21(39)18(36)15(8-31)44-29)47-28-22(40)20(38)17(35)14(7-30)43-28/h3-6,14-15,17-18,20-22,27-36,38-40H,7-8H2,1-2H3. The van der Waals surface area contributed by atoms with Crippen molar-refractivity contribution >= 4 is 11.0 Å². The maximum Gasteiger partial charge on any atom is 0.239 e. The molecule has 3 aromatic rings. The molecule has 2 saturated heterocycles. The minimum absolute atomic E-state index is 0.0278. The van der Waals surface area contributed by atoms with Gasteiger partial charge < -0.3 is 83.9 Å². The molecule has 0 amide bonds. The molecule has 258 valence electrons. The van der Waals surface area contributed by atoms with Crippen molar-refractivity contribution in [2.45, 2.75) is 61.4 Å². The van der Waals surface area contributed by atoms with E-state index in [-0.39, 0.29) is 22.8 Å². The Hall–Kier alpha value is -3.95. The van der Waals surface area contributed by atoms with Gasteiger partial charge in [-0.3, -0.25) is 4.79 Å². The van der Waals surface area contributed by atoms with Gasteiger partial charge in [0.2, 0.25) is 23.2 Å². The van der Waals surface area contributed by atoms with E-state index < -0.39 is 114 Å². The number of methoxy groups -OCH3 is 2. The largest absolute Gasteiger partial charge is 0.507 e. The van der Waals surface area contributed by atoms with E-state index in [0.29, 0.717) is 0 Å². The first kappa shape index (κ1) is 34.4. The highest BCUT2D eigenvalue weighted by atomic mass is 16.8. The fraction of sp³-hybridized carbons (Fsp3) is 0.483. The molecule has 18 heteroatoms. The summed E-state index contributed by atoms with van der Waals surface area (Å²) in [6.07, 6.45) is -18.1. The van der Waals surface area contributed by atoms with Crippen LogP contribution in [-0.4, -0.2) is 140 Å². The minimum atomic E-state index is -1.98. The average molecular weight is 671 g/mol. The summed E-state index contributed by atoms with van der Waals surface area (Å²) >= 11 is 0. The zero-order valence-corrected chi connectivity index (χ0v) is 24.7. The van der Waals surface area contributed by atoms with Crippen LogP contribution in [0.15, 0.2) is 33.5 Å². The molecule has 1 aromatic heterocycles. The van der Waals surface area contributed by atoms with Crippen LogP contribution in [0.3, 0.4) is 0 Å². The molecule has 0 aliphatic carbocycles. The molecule has 10 atom stereocenters. The van der Waals surface area contributed by atoms with Gasteiger partial charge in [-0.05, 0) is 18.2 Å². The van der Waals surface area contributed by atoms with Gasteiger partial charge in [0.1, 0.15) is 53.9 Å². The Bertz CT molecular complexity index is 1640. The second-order valence-electron chi connectivity index (χ2n) is 10.8. The molecule has 10 N–H and O–H groups in total. The van der Waals surface area contributed by atoms with Gasteiger partial charge in [-0.25, -0.2) is 0 Å². The van der Waals surface area contributed by atoms with Crippen molar-refractivity contribution in [2.24, 2.45) is 0 Å². The van der Waals surface area contributed by atoms with Crippen molar-refractivity contribution in [1.82, 2.24) is 0 Å². The van der Waals surface area contributed by atoms with Crippen molar-refractivity contribution in [3.8, 4) is 45.8 Å². The molecule has 2 aromatic carbocycles. The van der Waals surface area contributed by atoms with Crippen LogP contribution in [0.1, 0.15) is 0 Å². The van der Waals surface area contributed by atoms with E-state index in [0.717, 1.165) is 13.2 Å². The average Bonchev–Trinajstić information content (AvgIpc) is 3.05. The summed E-state index contributed by atoms with van der Waals surface area (Å²) in [7, 11) is 2.42. The molecule has 2 fully saturated rings. The molecular formula is C29H34O18. The summed E-state index contributed by atoms with van der Waals surface area (Å²) < 4.78 is 38.9. The van der Waals surface area contributed by atoms with Gasteiger partial charge in [-0.2, -0.15) is 0 Å². The van der Waals surface area contributed by atoms with Crippen LogP contribution in [0.4, 0.5) is 0 Å². The molecule has 47 heavy (non-hydrogen) atoms. The number of benzene rings is 2. The Morgan fingerprint density at radius 3 is 1.98 bits per heavy atom. The molecule has 10 unspecified atom stereocenters. The molecule has 18 nitrogen and oxygen atoms in total. The highest BCUT2D eigenvalue weighted by Crippen LogP contribution is 2.44. The number of aromatic hydroxyl groups is 3.